The van der Waals surface area contributed by atoms with Crippen LogP contribution in [0.3, 0.4) is 0 Å². The predicted octanol–water partition coefficient (Wildman–Crippen LogP) is 6.20. The zero-order valence-corrected chi connectivity index (χ0v) is 42.4. The molecule has 2 saturated heterocycles. The number of rotatable bonds is 9. The largest absolute Gasteiger partial charge is 0.460 e. The molecule has 15 atom stereocenters. The predicted molar refractivity (Wildman–Crippen MR) is 256 cm³/mol. The van der Waals surface area contributed by atoms with E-state index in [0.717, 1.165) is 12.0 Å². The first kappa shape index (κ1) is 57.2. The minimum absolute atomic E-state index is 0.0158. The molecular weight excluding hydrogens is 875 g/mol. The highest BCUT2D eigenvalue weighted by atomic mass is 16.6. The first-order valence-electron chi connectivity index (χ1n) is 25.0. The smallest absolute Gasteiger partial charge is 0.329 e. The Labute approximate surface area is 405 Å². The quantitative estimate of drug-likeness (QED) is 0.134. The second kappa shape index (κ2) is 27.3. The van der Waals surface area contributed by atoms with Crippen molar-refractivity contribution in [2.24, 2.45) is 35.5 Å². The highest BCUT2D eigenvalue weighted by Crippen LogP contribution is 2.38. The third kappa shape index (κ3) is 15.3. The molecule has 3 fully saturated rings. The number of aliphatic hydroxyl groups excluding tert-OH is 2. The summed E-state index contributed by atoms with van der Waals surface area (Å²) in [6.07, 6.45) is 12.0. The topological polar surface area (TPSA) is 205 Å². The number of ether oxygens (including phenoxy) is 6. The second-order valence-corrected chi connectivity index (χ2v) is 20.2. The SMILES string of the molecule is CO[C@H]1C[C@@H]2CC[C@@H](C)[C@@](O)(O2)C(=O)C(=O)N2CCCCC2C(=O)O[C@H]([C@H](C)C[C@@H]2CC[C@@H](OCCO)[C@@H](OC)C2)CC(=O)[C@H](C)/C=C(\C)[C@@H](O)[C@@H](OC)C(=O)[C@@H](C)C[C@@H](C)/C=C/C=C/C=C/1C. The average Bonchev–Trinajstić information content (AvgIpc) is 3.32. The Hall–Kier alpha value is -3.41. The number of carbonyl (C=O) groups excluding carboxylic acids is 5. The number of allylic oxidation sites excluding steroid dienone is 6. The zero-order valence-electron chi connectivity index (χ0n) is 42.4. The fourth-order valence-corrected chi connectivity index (χ4v) is 10.5. The Bertz CT molecular complexity index is 1810. The van der Waals surface area contributed by atoms with Gasteiger partial charge in [-0.2, -0.15) is 0 Å². The van der Waals surface area contributed by atoms with Gasteiger partial charge < -0.3 is 48.6 Å². The number of hydrogen-bond donors (Lipinski definition) is 3. The number of esters is 1. The van der Waals surface area contributed by atoms with Crippen LogP contribution in [0.4, 0.5) is 0 Å². The molecule has 384 valence electrons. The van der Waals surface area contributed by atoms with Crippen molar-refractivity contribution >= 4 is 29.2 Å². The van der Waals surface area contributed by atoms with Crippen molar-refractivity contribution in [2.75, 3.05) is 41.1 Å². The molecule has 0 radical (unpaired) electrons. The van der Waals surface area contributed by atoms with Crippen LogP contribution in [0, 0.1) is 35.5 Å². The number of methoxy groups -OCH3 is 3. The number of piperidine rings is 1. The van der Waals surface area contributed by atoms with Crippen LogP contribution in [-0.2, 0) is 52.4 Å². The zero-order chi connectivity index (χ0) is 50.3. The van der Waals surface area contributed by atoms with Gasteiger partial charge in [0.15, 0.2) is 5.78 Å². The summed E-state index contributed by atoms with van der Waals surface area (Å²) in [4.78, 5) is 72.1. The van der Waals surface area contributed by atoms with Crippen LogP contribution in [0.5, 0.6) is 0 Å². The Morgan fingerprint density at radius 2 is 1.59 bits per heavy atom. The van der Waals surface area contributed by atoms with Crippen LogP contribution in [0.25, 0.3) is 0 Å². The van der Waals surface area contributed by atoms with Gasteiger partial charge in [0.05, 0.1) is 37.6 Å². The van der Waals surface area contributed by atoms with Crippen molar-refractivity contribution < 1.29 is 67.7 Å². The number of Topliss-reactive ketones (excluding diaryl/α,β-unsaturated/α-hetero) is 3. The van der Waals surface area contributed by atoms with Crippen molar-refractivity contribution in [3.63, 3.8) is 0 Å². The summed E-state index contributed by atoms with van der Waals surface area (Å²) in [5, 5.41) is 32.8. The lowest BCUT2D eigenvalue weighted by atomic mass is 9.78. The number of nitrogens with zero attached hydrogens (tertiary/aromatic N) is 1. The van der Waals surface area contributed by atoms with E-state index in [1.54, 1.807) is 41.1 Å². The molecule has 4 rings (SSSR count). The van der Waals surface area contributed by atoms with E-state index in [1.165, 1.54) is 12.0 Å². The van der Waals surface area contributed by atoms with Gasteiger partial charge >= 0.3 is 5.97 Å². The van der Waals surface area contributed by atoms with Crippen molar-refractivity contribution in [3.8, 4) is 0 Å². The van der Waals surface area contributed by atoms with Gasteiger partial charge in [-0.15, -0.1) is 0 Å². The van der Waals surface area contributed by atoms with Crippen molar-refractivity contribution in [1.29, 1.82) is 0 Å². The average molecular weight is 958 g/mol. The molecule has 3 heterocycles. The van der Waals surface area contributed by atoms with E-state index in [1.807, 2.05) is 58.1 Å². The van der Waals surface area contributed by atoms with Crippen molar-refractivity contribution in [2.45, 2.75) is 180 Å². The van der Waals surface area contributed by atoms with Gasteiger partial charge in [0.25, 0.3) is 11.7 Å². The van der Waals surface area contributed by atoms with Gasteiger partial charge in [-0.1, -0.05) is 71.1 Å². The lowest BCUT2D eigenvalue weighted by Crippen LogP contribution is -2.61. The maximum atomic E-state index is 14.5. The molecule has 2 bridgehead atoms. The minimum Gasteiger partial charge on any atom is -0.460 e. The number of hydrogen-bond acceptors (Lipinski definition) is 14. The molecule has 1 amide bonds. The minimum atomic E-state index is -2.43. The van der Waals surface area contributed by atoms with Crippen molar-refractivity contribution in [1.82, 2.24) is 4.90 Å². The highest BCUT2D eigenvalue weighted by molar-refractivity contribution is 6.39. The molecule has 1 unspecified atom stereocenters. The van der Waals surface area contributed by atoms with E-state index in [9.17, 15) is 39.3 Å². The van der Waals surface area contributed by atoms with Crippen LogP contribution < -0.4 is 0 Å². The summed E-state index contributed by atoms with van der Waals surface area (Å²) in [6, 6.07) is -1.14. The van der Waals surface area contributed by atoms with E-state index in [-0.39, 0.29) is 74.1 Å². The number of carbonyl (C=O) groups is 5. The normalized spacial score (nSPS) is 39.2. The molecule has 3 aliphatic heterocycles. The van der Waals surface area contributed by atoms with Crippen LogP contribution in [-0.4, -0.2) is 145 Å². The fourth-order valence-electron chi connectivity index (χ4n) is 10.5. The number of aliphatic hydroxyl groups is 3. The molecule has 68 heavy (non-hydrogen) atoms. The molecule has 1 aliphatic carbocycles. The number of ketones is 3. The molecule has 15 heteroatoms. The molecule has 15 nitrogen and oxygen atoms in total. The highest BCUT2D eigenvalue weighted by Gasteiger charge is 2.53. The second-order valence-electron chi connectivity index (χ2n) is 20.2. The number of amides is 1. The lowest BCUT2D eigenvalue weighted by molar-refractivity contribution is -0.265. The number of fused-ring (bicyclic) bond motifs is 3. The maximum Gasteiger partial charge on any atom is 0.329 e. The standard InChI is InChI=1S/C53H83NO14/c1-32-16-12-11-13-17-33(2)44(63-8)30-40-21-19-38(7)53(62,68-40)50(59)51(60)54-23-15-14-18-41(54)52(61)67-45(35(4)28-39-20-22-43(66-25-24-55)46(29-39)64-9)31-42(56)34(3)27-37(6)48(58)49(65-10)47(57)36(5)26-32/h11-13,16-17,27,32,34-36,38-41,43-46,48-49,55,58,62H,14-15,18-26,28-31H2,1-10H3/b13-11+,16-12+,33-17+,37-27+/t32-,34+,35+,36-,38+,39-,40-,41?,43+,44-,45-,46-,48+,49-,53+/m0/s1. The van der Waals surface area contributed by atoms with Crippen LogP contribution >= 0.6 is 0 Å². The lowest BCUT2D eigenvalue weighted by Gasteiger charge is -2.42. The third-order valence-corrected chi connectivity index (χ3v) is 14.9. The fraction of sp³-hybridized carbons (Fsp3) is 0.755. The van der Waals surface area contributed by atoms with Gasteiger partial charge in [-0.05, 0) is 107 Å². The monoisotopic (exact) mass is 958 g/mol. The third-order valence-electron chi connectivity index (χ3n) is 14.9. The summed E-state index contributed by atoms with van der Waals surface area (Å²) >= 11 is 0. The molecule has 0 aromatic carbocycles. The van der Waals surface area contributed by atoms with E-state index in [4.69, 9.17) is 28.4 Å². The van der Waals surface area contributed by atoms with Crippen LogP contribution in [0.15, 0.2) is 47.6 Å². The maximum absolute atomic E-state index is 14.5. The molecule has 0 aromatic rings. The van der Waals surface area contributed by atoms with Gasteiger partial charge in [-0.3, -0.25) is 19.2 Å². The van der Waals surface area contributed by atoms with E-state index in [2.05, 4.69) is 0 Å². The molecule has 0 spiro atoms. The Balaban J connectivity index is 1.70. The molecule has 0 aromatic heterocycles. The molecule has 1 saturated carbocycles. The van der Waals surface area contributed by atoms with E-state index in [0.29, 0.717) is 63.4 Å². The molecule has 3 N–H and O–H groups in total. The van der Waals surface area contributed by atoms with Gasteiger partial charge in [0.2, 0.25) is 5.79 Å². The first-order valence-corrected chi connectivity index (χ1v) is 25.0. The van der Waals surface area contributed by atoms with Gasteiger partial charge in [0.1, 0.15) is 30.1 Å². The van der Waals surface area contributed by atoms with E-state index >= 15 is 0 Å². The Morgan fingerprint density at radius 3 is 2.26 bits per heavy atom. The summed E-state index contributed by atoms with van der Waals surface area (Å²) < 4.78 is 35.6. The first-order chi connectivity index (χ1) is 32.3. The van der Waals surface area contributed by atoms with Crippen molar-refractivity contribution in [3.05, 3.63) is 47.6 Å². The van der Waals surface area contributed by atoms with Crippen LogP contribution in [0.1, 0.15) is 126 Å². The Kier molecular flexibility index (Phi) is 22.9. The summed E-state index contributed by atoms with van der Waals surface area (Å²) in [6.45, 7) is 12.9. The summed E-state index contributed by atoms with van der Waals surface area (Å²) in [7, 11) is 4.58. The van der Waals surface area contributed by atoms with E-state index < -0.39 is 77.8 Å². The molecule has 4 aliphatic rings. The summed E-state index contributed by atoms with van der Waals surface area (Å²) in [5.41, 5.74) is 1.26. The Morgan fingerprint density at radius 1 is 0.853 bits per heavy atom. The van der Waals surface area contributed by atoms with Gasteiger partial charge in [-0.25, -0.2) is 4.79 Å². The van der Waals surface area contributed by atoms with Crippen LogP contribution in [0.2, 0.25) is 0 Å². The number of cyclic esters (lactones) is 1. The summed E-state index contributed by atoms with van der Waals surface area (Å²) in [5.74, 6) is -7.96. The van der Waals surface area contributed by atoms with Gasteiger partial charge in [0, 0.05) is 58.5 Å². The molecular formula is C53H83NO14.